The van der Waals surface area contributed by atoms with Crippen LogP contribution in [-0.2, 0) is 14.3 Å². The maximum atomic E-state index is 12.6. The molecule has 132 valence electrons. The summed E-state index contributed by atoms with van der Waals surface area (Å²) in [4.78, 5) is 28.4. The number of nitrogens with zero attached hydrogens (tertiary/aromatic N) is 2. The van der Waals surface area contributed by atoms with Gasteiger partial charge in [-0.15, -0.1) is 0 Å². The van der Waals surface area contributed by atoms with Crippen LogP contribution in [0.15, 0.2) is 30.3 Å². The lowest BCUT2D eigenvalue weighted by molar-refractivity contribution is -0.162. The van der Waals surface area contributed by atoms with Crippen LogP contribution >= 0.6 is 0 Å². The number of hydrogen-bond donors (Lipinski definition) is 1. The zero-order valence-corrected chi connectivity index (χ0v) is 14.7. The minimum Gasteiger partial charge on any atom is -0.356 e. The van der Waals surface area contributed by atoms with Crippen LogP contribution in [0.2, 0.25) is 0 Å². The molecule has 1 heterocycles. The number of hydrogen-bond acceptors (Lipinski definition) is 4. The van der Waals surface area contributed by atoms with Crippen molar-refractivity contribution in [3.8, 4) is 0 Å². The van der Waals surface area contributed by atoms with Gasteiger partial charge in [0, 0.05) is 20.1 Å². The van der Waals surface area contributed by atoms with Gasteiger partial charge in [-0.3, -0.25) is 9.59 Å². The summed E-state index contributed by atoms with van der Waals surface area (Å²) in [5.41, 5.74) is 0.900. The van der Waals surface area contributed by atoms with Gasteiger partial charge in [-0.2, -0.15) is 0 Å². The number of morpholine rings is 1. The Morgan fingerprint density at radius 3 is 2.58 bits per heavy atom. The molecule has 0 spiro atoms. The zero-order chi connectivity index (χ0) is 17.5. The van der Waals surface area contributed by atoms with Gasteiger partial charge in [-0.05, 0) is 18.7 Å². The monoisotopic (exact) mass is 333 g/mol. The highest BCUT2D eigenvalue weighted by Gasteiger charge is 2.39. The smallest absolute Gasteiger partial charge is 0.251 e. The first-order valence-electron chi connectivity index (χ1n) is 8.50. The maximum absolute atomic E-state index is 12.6. The number of nitrogens with one attached hydrogen (secondary N) is 1. The van der Waals surface area contributed by atoms with Gasteiger partial charge in [0.15, 0.2) is 6.10 Å². The summed E-state index contributed by atoms with van der Waals surface area (Å²) < 4.78 is 5.58. The van der Waals surface area contributed by atoms with E-state index in [0.717, 1.165) is 25.2 Å². The molecule has 2 amide bonds. The summed E-state index contributed by atoms with van der Waals surface area (Å²) in [5, 5.41) is 2.94. The predicted molar refractivity (Wildman–Crippen MR) is 92.5 cm³/mol. The van der Waals surface area contributed by atoms with Gasteiger partial charge >= 0.3 is 0 Å². The van der Waals surface area contributed by atoms with Gasteiger partial charge in [0.25, 0.3) is 5.91 Å². The molecule has 1 aliphatic heterocycles. The highest BCUT2D eigenvalue weighted by Crippen LogP contribution is 2.28. The molecule has 0 radical (unpaired) electrons. The van der Waals surface area contributed by atoms with Crippen molar-refractivity contribution in [2.75, 3.05) is 39.8 Å². The first kappa shape index (κ1) is 18.4. The van der Waals surface area contributed by atoms with Crippen molar-refractivity contribution in [3.05, 3.63) is 35.9 Å². The van der Waals surface area contributed by atoms with Gasteiger partial charge < -0.3 is 19.9 Å². The van der Waals surface area contributed by atoms with Crippen molar-refractivity contribution in [2.24, 2.45) is 0 Å². The van der Waals surface area contributed by atoms with E-state index >= 15 is 0 Å². The van der Waals surface area contributed by atoms with Crippen LogP contribution in [0.4, 0.5) is 0 Å². The number of carbonyl (C=O) groups is 2. The second-order valence-corrected chi connectivity index (χ2v) is 5.91. The van der Waals surface area contributed by atoms with Crippen LogP contribution in [0, 0.1) is 0 Å². The minimum atomic E-state index is -0.688. The summed E-state index contributed by atoms with van der Waals surface area (Å²) in [6, 6.07) is 9.14. The number of ether oxygens (including phenoxy) is 1. The standard InChI is InChI=1S/C18H27N3O3/c1-4-21(5-2)12-11-19-18(23)17-16(14-9-7-6-8-10-14)20(3)15(22)13-24-17/h6-10,16-17H,4-5,11-13H2,1-3H3,(H,19,23)/t16-,17+/m1/s1. The second kappa shape index (κ2) is 8.80. The molecule has 6 heteroatoms. The molecule has 0 saturated carbocycles. The fourth-order valence-corrected chi connectivity index (χ4v) is 2.96. The van der Waals surface area contributed by atoms with E-state index in [1.54, 1.807) is 11.9 Å². The van der Waals surface area contributed by atoms with Gasteiger partial charge in [0.05, 0.1) is 6.04 Å². The highest BCUT2D eigenvalue weighted by molar-refractivity contribution is 5.86. The van der Waals surface area contributed by atoms with Crippen LogP contribution in [0.3, 0.4) is 0 Å². The number of benzene rings is 1. The third-order valence-corrected chi connectivity index (χ3v) is 4.50. The lowest BCUT2D eigenvalue weighted by Crippen LogP contribution is -2.53. The van der Waals surface area contributed by atoms with E-state index in [1.807, 2.05) is 30.3 Å². The minimum absolute atomic E-state index is 0.0615. The predicted octanol–water partition coefficient (Wildman–Crippen LogP) is 1.04. The van der Waals surface area contributed by atoms with Crippen molar-refractivity contribution in [3.63, 3.8) is 0 Å². The number of carbonyl (C=O) groups excluding carboxylic acids is 2. The number of rotatable bonds is 7. The van der Waals surface area contributed by atoms with Crippen LogP contribution in [-0.4, -0.2) is 67.6 Å². The van der Waals surface area contributed by atoms with E-state index in [4.69, 9.17) is 4.74 Å². The summed E-state index contributed by atoms with van der Waals surface area (Å²) in [7, 11) is 1.72. The van der Waals surface area contributed by atoms with E-state index in [0.29, 0.717) is 6.54 Å². The average Bonchev–Trinajstić information content (AvgIpc) is 2.61. The Kier molecular flexibility index (Phi) is 6.75. The Morgan fingerprint density at radius 1 is 1.29 bits per heavy atom. The van der Waals surface area contributed by atoms with Crippen LogP contribution in [0.1, 0.15) is 25.5 Å². The Labute approximate surface area is 143 Å². The van der Waals surface area contributed by atoms with Crippen molar-refractivity contribution in [2.45, 2.75) is 26.0 Å². The van der Waals surface area contributed by atoms with Gasteiger partial charge in [-0.25, -0.2) is 0 Å². The first-order valence-corrected chi connectivity index (χ1v) is 8.50. The second-order valence-electron chi connectivity index (χ2n) is 5.91. The molecule has 1 fully saturated rings. The molecule has 24 heavy (non-hydrogen) atoms. The molecule has 6 nitrogen and oxygen atoms in total. The molecule has 1 aliphatic rings. The van der Waals surface area contributed by atoms with E-state index in [9.17, 15) is 9.59 Å². The van der Waals surface area contributed by atoms with Crippen LogP contribution in [0.5, 0.6) is 0 Å². The van der Waals surface area contributed by atoms with E-state index in [-0.39, 0.29) is 18.4 Å². The molecule has 1 saturated heterocycles. The molecule has 0 bridgehead atoms. The molecule has 1 N–H and O–H groups in total. The van der Waals surface area contributed by atoms with Gasteiger partial charge in [0.1, 0.15) is 6.61 Å². The van der Waals surface area contributed by atoms with Crippen molar-refractivity contribution in [1.82, 2.24) is 15.1 Å². The zero-order valence-electron chi connectivity index (χ0n) is 14.7. The summed E-state index contributed by atoms with van der Waals surface area (Å²) in [6.07, 6.45) is -0.688. The van der Waals surface area contributed by atoms with Crippen molar-refractivity contribution < 1.29 is 14.3 Å². The highest BCUT2D eigenvalue weighted by atomic mass is 16.5. The van der Waals surface area contributed by atoms with E-state index < -0.39 is 12.1 Å². The molecule has 0 aliphatic carbocycles. The Morgan fingerprint density at radius 2 is 1.96 bits per heavy atom. The van der Waals surface area contributed by atoms with Gasteiger partial charge in [0.2, 0.25) is 5.91 Å². The molecule has 1 aromatic carbocycles. The van der Waals surface area contributed by atoms with Crippen molar-refractivity contribution in [1.29, 1.82) is 0 Å². The Hall–Kier alpha value is -1.92. The maximum Gasteiger partial charge on any atom is 0.251 e. The Bertz CT molecular complexity index is 546. The van der Waals surface area contributed by atoms with Gasteiger partial charge in [-0.1, -0.05) is 44.2 Å². The molecule has 1 aromatic rings. The SMILES string of the molecule is CCN(CC)CCNC(=O)[C@H]1OCC(=O)N(C)[C@@H]1c1ccccc1. The topological polar surface area (TPSA) is 61.9 Å². The summed E-state index contributed by atoms with van der Waals surface area (Å²) in [5.74, 6) is -0.286. The number of amides is 2. The number of likely N-dealkylation sites (N-methyl/N-ethyl adjacent to an activating group) is 2. The molecule has 2 rings (SSSR count). The third kappa shape index (κ3) is 4.33. The third-order valence-electron chi connectivity index (χ3n) is 4.50. The quantitative estimate of drug-likeness (QED) is 0.810. The lowest BCUT2D eigenvalue weighted by Gasteiger charge is -2.38. The fraction of sp³-hybridized carbons (Fsp3) is 0.556. The average molecular weight is 333 g/mol. The molecule has 0 unspecified atom stereocenters. The largest absolute Gasteiger partial charge is 0.356 e. The van der Waals surface area contributed by atoms with Crippen molar-refractivity contribution >= 4 is 11.8 Å². The Balaban J connectivity index is 2.05. The van der Waals surface area contributed by atoms with E-state index in [1.165, 1.54) is 0 Å². The first-order chi connectivity index (χ1) is 11.6. The normalized spacial score (nSPS) is 21.2. The van der Waals surface area contributed by atoms with Crippen LogP contribution < -0.4 is 5.32 Å². The van der Waals surface area contributed by atoms with E-state index in [2.05, 4.69) is 24.1 Å². The fourth-order valence-electron chi connectivity index (χ4n) is 2.96. The molecular formula is C18H27N3O3. The van der Waals surface area contributed by atoms with Crippen LogP contribution in [0.25, 0.3) is 0 Å². The summed E-state index contributed by atoms with van der Waals surface area (Å²) >= 11 is 0. The molecule has 0 aromatic heterocycles. The summed E-state index contributed by atoms with van der Waals surface area (Å²) in [6.45, 7) is 7.42. The molecule has 2 atom stereocenters. The lowest BCUT2D eigenvalue weighted by atomic mass is 9.97. The molecular weight excluding hydrogens is 306 g/mol.